The molecule has 3 aliphatic heterocycles. The van der Waals surface area contributed by atoms with Gasteiger partial charge in [-0.2, -0.15) is 4.79 Å². The Bertz CT molecular complexity index is 806. The Hall–Kier alpha value is -2.00. The molecule has 0 spiro atoms. The van der Waals surface area contributed by atoms with Crippen LogP contribution >= 0.6 is 0 Å². The third kappa shape index (κ3) is 6.56. The number of piperidine rings is 1. The predicted molar refractivity (Wildman–Crippen MR) is 130 cm³/mol. The van der Waals surface area contributed by atoms with Crippen LogP contribution in [0.15, 0.2) is 30.3 Å². The summed E-state index contributed by atoms with van der Waals surface area (Å²) in [7, 11) is 3.49. The first kappa shape index (κ1) is 25.1. The highest BCUT2D eigenvalue weighted by Gasteiger charge is 2.49. The molecule has 1 aromatic carbocycles. The zero-order valence-electron chi connectivity index (χ0n) is 20.9. The number of carbonyl (C=O) groups excluding carboxylic acids is 2. The van der Waals surface area contributed by atoms with E-state index in [4.69, 9.17) is 9.47 Å². The molecule has 8 heteroatoms. The summed E-state index contributed by atoms with van der Waals surface area (Å²) in [5.74, 6) is 0.422. The third-order valence-corrected chi connectivity index (χ3v) is 7.75. The molecule has 0 aliphatic carbocycles. The number of amides is 1. The van der Waals surface area contributed by atoms with Crippen molar-refractivity contribution in [3.63, 3.8) is 0 Å². The molecule has 1 aromatic rings. The highest BCUT2D eigenvalue weighted by molar-refractivity contribution is 5.69. The molecule has 1 amide bonds. The lowest BCUT2D eigenvalue weighted by atomic mass is 9.95. The first-order chi connectivity index (χ1) is 16.4. The molecule has 3 fully saturated rings. The van der Waals surface area contributed by atoms with Crippen LogP contribution in [0.1, 0.15) is 31.2 Å². The van der Waals surface area contributed by atoms with Gasteiger partial charge in [0.2, 0.25) is 6.23 Å². The van der Waals surface area contributed by atoms with E-state index >= 15 is 0 Å². The molecule has 0 bridgehead atoms. The van der Waals surface area contributed by atoms with Gasteiger partial charge < -0.3 is 14.4 Å². The topological polar surface area (TPSA) is 62.3 Å². The van der Waals surface area contributed by atoms with Gasteiger partial charge in [0.15, 0.2) is 0 Å². The van der Waals surface area contributed by atoms with E-state index < -0.39 is 0 Å². The van der Waals surface area contributed by atoms with Crippen molar-refractivity contribution in [1.29, 1.82) is 0 Å². The lowest BCUT2D eigenvalue weighted by Crippen LogP contribution is -2.54. The minimum atomic E-state index is -0.143. The SMILES string of the molecule is COC(=O)CCCN1CCN(C2C[N+](C)(CC3CCN(Cc4ccccc4)CC3)C(=O)O2)CC1. The Morgan fingerprint density at radius 1 is 1.06 bits per heavy atom. The maximum atomic E-state index is 12.9. The Labute approximate surface area is 204 Å². The molecule has 3 heterocycles. The molecule has 4 rings (SSSR count). The molecule has 0 aromatic heterocycles. The van der Waals surface area contributed by atoms with Crippen molar-refractivity contribution in [1.82, 2.24) is 14.7 Å². The quantitative estimate of drug-likeness (QED) is 0.403. The van der Waals surface area contributed by atoms with Crippen LogP contribution < -0.4 is 0 Å². The maximum Gasteiger partial charge on any atom is 0.517 e. The number of piperazine rings is 1. The van der Waals surface area contributed by atoms with Gasteiger partial charge in [-0.05, 0) is 44.5 Å². The van der Waals surface area contributed by atoms with E-state index in [1.807, 2.05) is 0 Å². The molecule has 2 atom stereocenters. The summed E-state index contributed by atoms with van der Waals surface area (Å²) < 4.78 is 11.0. The molecule has 0 N–H and O–H groups in total. The second kappa shape index (κ2) is 11.6. The van der Waals surface area contributed by atoms with Crippen molar-refractivity contribution >= 4 is 12.1 Å². The van der Waals surface area contributed by atoms with Crippen molar-refractivity contribution in [2.75, 3.05) is 73.1 Å². The van der Waals surface area contributed by atoms with E-state index in [-0.39, 0.29) is 18.3 Å². The Kier molecular flexibility index (Phi) is 8.58. The lowest BCUT2D eigenvalue weighted by Gasteiger charge is -2.37. The molecule has 0 radical (unpaired) electrons. The number of quaternary nitrogens is 1. The van der Waals surface area contributed by atoms with E-state index in [1.165, 1.54) is 12.7 Å². The van der Waals surface area contributed by atoms with Gasteiger partial charge in [0, 0.05) is 45.1 Å². The summed E-state index contributed by atoms with van der Waals surface area (Å²) in [4.78, 5) is 31.4. The summed E-state index contributed by atoms with van der Waals surface area (Å²) in [6.45, 7) is 9.40. The van der Waals surface area contributed by atoms with Crippen molar-refractivity contribution in [2.24, 2.45) is 5.92 Å². The number of hydrogen-bond acceptors (Lipinski definition) is 7. The van der Waals surface area contributed by atoms with E-state index in [2.05, 4.69) is 52.1 Å². The van der Waals surface area contributed by atoms with Crippen molar-refractivity contribution in [3.8, 4) is 0 Å². The van der Waals surface area contributed by atoms with E-state index in [9.17, 15) is 9.59 Å². The van der Waals surface area contributed by atoms with Crippen molar-refractivity contribution in [3.05, 3.63) is 35.9 Å². The van der Waals surface area contributed by atoms with Crippen LogP contribution in [0, 0.1) is 5.92 Å². The largest absolute Gasteiger partial charge is 0.517 e. The lowest BCUT2D eigenvalue weighted by molar-refractivity contribution is -0.828. The fourth-order valence-electron chi connectivity index (χ4n) is 5.60. The zero-order chi connectivity index (χ0) is 24.0. The number of hydrogen-bond donors (Lipinski definition) is 0. The zero-order valence-corrected chi connectivity index (χ0v) is 20.9. The van der Waals surface area contributed by atoms with E-state index in [1.54, 1.807) is 0 Å². The van der Waals surface area contributed by atoms with Gasteiger partial charge in [-0.1, -0.05) is 30.3 Å². The summed E-state index contributed by atoms with van der Waals surface area (Å²) in [5.41, 5.74) is 1.37. The number of esters is 1. The number of methoxy groups -OCH3 is 1. The van der Waals surface area contributed by atoms with Crippen LogP contribution in [0.2, 0.25) is 0 Å². The minimum Gasteiger partial charge on any atom is -0.469 e. The van der Waals surface area contributed by atoms with Gasteiger partial charge in [-0.15, -0.1) is 0 Å². The predicted octanol–water partition coefficient (Wildman–Crippen LogP) is 2.39. The third-order valence-electron chi connectivity index (χ3n) is 7.75. The number of nitrogens with zero attached hydrogens (tertiary/aromatic N) is 4. The van der Waals surface area contributed by atoms with Gasteiger partial charge in [-0.3, -0.25) is 14.6 Å². The summed E-state index contributed by atoms with van der Waals surface area (Å²) in [6.07, 6.45) is 3.39. The van der Waals surface area contributed by atoms with Crippen LogP contribution in [0.25, 0.3) is 0 Å². The first-order valence-corrected chi connectivity index (χ1v) is 12.8. The first-order valence-electron chi connectivity index (χ1n) is 12.8. The van der Waals surface area contributed by atoms with Crippen LogP contribution in [0.4, 0.5) is 4.79 Å². The number of rotatable bonds is 9. The monoisotopic (exact) mass is 473 g/mol. The Balaban J connectivity index is 1.19. The number of carbonyl (C=O) groups is 2. The smallest absolute Gasteiger partial charge is 0.469 e. The molecular weight excluding hydrogens is 432 g/mol. The average Bonchev–Trinajstić information content (AvgIpc) is 3.15. The minimum absolute atomic E-state index is 0.0720. The number of cyclic esters (lactones) is 1. The van der Waals surface area contributed by atoms with E-state index in [0.717, 1.165) is 84.7 Å². The van der Waals surface area contributed by atoms with Gasteiger partial charge in [0.1, 0.15) is 6.54 Å². The van der Waals surface area contributed by atoms with Crippen molar-refractivity contribution in [2.45, 2.75) is 38.5 Å². The maximum absolute atomic E-state index is 12.9. The number of likely N-dealkylation sites (tertiary alicyclic amines) is 1. The fraction of sp³-hybridized carbons (Fsp3) is 0.692. The van der Waals surface area contributed by atoms with Gasteiger partial charge in [0.05, 0.1) is 20.7 Å². The molecule has 8 nitrogen and oxygen atoms in total. The van der Waals surface area contributed by atoms with Crippen LogP contribution in [-0.4, -0.2) is 111 Å². The second-order valence-corrected chi connectivity index (χ2v) is 10.4. The highest BCUT2D eigenvalue weighted by Crippen LogP contribution is 2.28. The standard InChI is InChI=1S/C26H41N4O4/c1-30(20-23-10-13-28(14-11-23)19-22-7-4-3-5-8-22)21-24(34-26(30)32)29-17-15-27(16-18-29)12-6-9-25(31)33-2/h3-5,7-8,23-24H,6,9-21H2,1-2H3/q+1. The van der Waals surface area contributed by atoms with Crippen LogP contribution in [0.3, 0.4) is 0 Å². The normalized spacial score (nSPS) is 27.6. The molecule has 3 aliphatic rings. The summed E-state index contributed by atoms with van der Waals surface area (Å²) in [5, 5.41) is 0. The number of ether oxygens (including phenoxy) is 2. The number of benzene rings is 1. The average molecular weight is 474 g/mol. The molecule has 2 unspecified atom stereocenters. The Morgan fingerprint density at radius 2 is 1.76 bits per heavy atom. The van der Waals surface area contributed by atoms with Gasteiger partial charge >= 0.3 is 12.1 Å². The van der Waals surface area contributed by atoms with Crippen LogP contribution in [0.5, 0.6) is 0 Å². The Morgan fingerprint density at radius 3 is 2.44 bits per heavy atom. The van der Waals surface area contributed by atoms with Gasteiger partial charge in [-0.25, -0.2) is 4.48 Å². The van der Waals surface area contributed by atoms with Crippen molar-refractivity contribution < 1.29 is 23.5 Å². The van der Waals surface area contributed by atoms with E-state index in [0.29, 0.717) is 16.8 Å². The molecule has 188 valence electrons. The molecular formula is C26H41N4O4+. The fourth-order valence-corrected chi connectivity index (χ4v) is 5.60. The van der Waals surface area contributed by atoms with Gasteiger partial charge in [0.25, 0.3) is 0 Å². The molecule has 3 saturated heterocycles. The number of likely N-dealkylation sites (N-methyl/N-ethyl adjacent to an activating group) is 1. The summed E-state index contributed by atoms with van der Waals surface area (Å²) >= 11 is 0. The summed E-state index contributed by atoms with van der Waals surface area (Å²) in [6, 6.07) is 10.7. The molecule has 34 heavy (non-hydrogen) atoms. The highest BCUT2D eigenvalue weighted by atomic mass is 16.6. The van der Waals surface area contributed by atoms with Crippen LogP contribution in [-0.2, 0) is 20.8 Å². The molecule has 0 saturated carbocycles. The second-order valence-electron chi connectivity index (χ2n) is 10.4.